The molecule has 1 fully saturated rings. The molecule has 3 rings (SSSR count). The third-order valence-electron chi connectivity index (χ3n) is 4.10. The fourth-order valence-corrected chi connectivity index (χ4v) is 2.66. The van der Waals surface area contributed by atoms with Gasteiger partial charge in [-0.1, -0.05) is 43.3 Å². The van der Waals surface area contributed by atoms with Gasteiger partial charge in [0, 0.05) is 5.56 Å². The van der Waals surface area contributed by atoms with Crippen molar-refractivity contribution < 1.29 is 4.52 Å². The first-order chi connectivity index (χ1) is 9.58. The summed E-state index contributed by atoms with van der Waals surface area (Å²) in [5.41, 5.74) is 2.16. The molecule has 0 amide bonds. The van der Waals surface area contributed by atoms with Crippen LogP contribution in [0.4, 0.5) is 0 Å². The van der Waals surface area contributed by atoms with Crippen LogP contribution in [0.15, 0.2) is 28.8 Å². The van der Waals surface area contributed by atoms with Crippen LogP contribution in [0, 0.1) is 0 Å². The Balaban J connectivity index is 1.86. The van der Waals surface area contributed by atoms with Crippen LogP contribution in [0.1, 0.15) is 51.0 Å². The Labute approximate surface area is 119 Å². The minimum atomic E-state index is -0.164. The fraction of sp³-hybridized carbons (Fsp3) is 0.500. The Morgan fingerprint density at radius 1 is 1.25 bits per heavy atom. The summed E-state index contributed by atoms with van der Waals surface area (Å²) in [5.74, 6) is 1.90. The van der Waals surface area contributed by atoms with E-state index < -0.39 is 0 Å². The van der Waals surface area contributed by atoms with E-state index in [2.05, 4.69) is 60.5 Å². The zero-order chi connectivity index (χ0) is 14.2. The van der Waals surface area contributed by atoms with Crippen molar-refractivity contribution in [2.45, 2.75) is 45.1 Å². The van der Waals surface area contributed by atoms with E-state index in [0.29, 0.717) is 17.6 Å². The average molecular weight is 271 g/mol. The third kappa shape index (κ3) is 2.36. The van der Waals surface area contributed by atoms with Crippen LogP contribution < -0.4 is 5.32 Å². The second-order valence-corrected chi connectivity index (χ2v) is 6.06. The van der Waals surface area contributed by atoms with Gasteiger partial charge in [-0.25, -0.2) is 0 Å². The Morgan fingerprint density at radius 2 is 2.00 bits per heavy atom. The maximum absolute atomic E-state index is 5.46. The van der Waals surface area contributed by atoms with E-state index in [0.717, 1.165) is 24.9 Å². The van der Waals surface area contributed by atoms with Gasteiger partial charge in [-0.15, -0.1) is 0 Å². The van der Waals surface area contributed by atoms with Gasteiger partial charge in [0.05, 0.1) is 5.54 Å². The second kappa shape index (κ2) is 5.02. The summed E-state index contributed by atoms with van der Waals surface area (Å²) in [6, 6.07) is 8.39. The van der Waals surface area contributed by atoms with Gasteiger partial charge < -0.3 is 9.84 Å². The molecular weight excluding hydrogens is 250 g/mol. The quantitative estimate of drug-likeness (QED) is 0.928. The molecule has 0 spiro atoms. The van der Waals surface area contributed by atoms with E-state index in [1.165, 1.54) is 5.56 Å². The van der Waals surface area contributed by atoms with E-state index in [9.17, 15) is 0 Å². The van der Waals surface area contributed by atoms with E-state index in [1.807, 2.05) is 0 Å². The van der Waals surface area contributed by atoms with Crippen molar-refractivity contribution in [2.24, 2.45) is 0 Å². The van der Waals surface area contributed by atoms with Crippen LogP contribution in [0.5, 0.6) is 0 Å². The number of hydrogen-bond acceptors (Lipinski definition) is 4. The molecule has 1 saturated heterocycles. The number of benzene rings is 1. The highest BCUT2D eigenvalue weighted by Gasteiger charge is 2.35. The minimum absolute atomic E-state index is 0.164. The highest BCUT2D eigenvalue weighted by atomic mass is 16.5. The summed E-state index contributed by atoms with van der Waals surface area (Å²) in [7, 11) is 0. The van der Waals surface area contributed by atoms with Crippen LogP contribution in [0.2, 0.25) is 0 Å². The molecule has 106 valence electrons. The molecule has 1 atom stereocenters. The molecule has 0 radical (unpaired) electrons. The first-order valence-corrected chi connectivity index (χ1v) is 7.28. The van der Waals surface area contributed by atoms with Crippen LogP contribution >= 0.6 is 0 Å². The van der Waals surface area contributed by atoms with Crippen LogP contribution in [-0.2, 0) is 5.54 Å². The Hall–Kier alpha value is -1.68. The largest absolute Gasteiger partial charge is 0.337 e. The summed E-state index contributed by atoms with van der Waals surface area (Å²) < 4.78 is 5.46. The van der Waals surface area contributed by atoms with Crippen molar-refractivity contribution in [3.63, 3.8) is 0 Å². The topological polar surface area (TPSA) is 51.0 Å². The summed E-state index contributed by atoms with van der Waals surface area (Å²) >= 11 is 0. The van der Waals surface area contributed by atoms with Gasteiger partial charge in [0.25, 0.3) is 0 Å². The van der Waals surface area contributed by atoms with E-state index in [1.54, 1.807) is 0 Å². The summed E-state index contributed by atoms with van der Waals surface area (Å²) in [6.07, 6.45) is 2.19. The lowest BCUT2D eigenvalue weighted by molar-refractivity contribution is 0.275. The molecule has 1 aromatic carbocycles. The first-order valence-electron chi connectivity index (χ1n) is 7.28. The van der Waals surface area contributed by atoms with Crippen molar-refractivity contribution >= 4 is 0 Å². The SMILES string of the molecule is CC(C)c1ccc(-c2noc(C3(C)CCCN3)n2)cc1. The summed E-state index contributed by atoms with van der Waals surface area (Å²) in [4.78, 5) is 4.57. The summed E-state index contributed by atoms with van der Waals surface area (Å²) in [5, 5.41) is 7.57. The molecular formula is C16H21N3O. The van der Waals surface area contributed by atoms with Crippen LogP contribution in [-0.4, -0.2) is 16.7 Å². The van der Waals surface area contributed by atoms with Gasteiger partial charge in [-0.05, 0) is 37.8 Å². The molecule has 4 nitrogen and oxygen atoms in total. The van der Waals surface area contributed by atoms with Gasteiger partial charge >= 0.3 is 0 Å². The van der Waals surface area contributed by atoms with Crippen molar-refractivity contribution in [1.29, 1.82) is 0 Å². The highest BCUT2D eigenvalue weighted by Crippen LogP contribution is 2.30. The Morgan fingerprint density at radius 3 is 2.60 bits per heavy atom. The van der Waals surface area contributed by atoms with Gasteiger partial charge in [0.1, 0.15) is 0 Å². The number of hydrogen-bond donors (Lipinski definition) is 1. The predicted octanol–water partition coefficient (Wildman–Crippen LogP) is 3.46. The third-order valence-corrected chi connectivity index (χ3v) is 4.10. The lowest BCUT2D eigenvalue weighted by Gasteiger charge is -2.18. The molecule has 0 bridgehead atoms. The molecule has 2 heterocycles. The average Bonchev–Trinajstić information content (AvgIpc) is 3.08. The molecule has 1 aliphatic rings. The molecule has 0 aliphatic carbocycles. The van der Waals surface area contributed by atoms with E-state index in [-0.39, 0.29) is 5.54 Å². The monoisotopic (exact) mass is 271 g/mol. The maximum Gasteiger partial charge on any atom is 0.246 e. The van der Waals surface area contributed by atoms with Crippen molar-refractivity contribution in [2.75, 3.05) is 6.54 Å². The van der Waals surface area contributed by atoms with E-state index >= 15 is 0 Å². The standard InChI is InChI=1S/C16H21N3O/c1-11(2)12-5-7-13(8-6-12)14-18-15(20-19-14)16(3)9-4-10-17-16/h5-8,11,17H,4,9-10H2,1-3H3. The number of aromatic nitrogens is 2. The fourth-order valence-electron chi connectivity index (χ4n) is 2.66. The molecule has 2 aromatic rings. The highest BCUT2D eigenvalue weighted by molar-refractivity contribution is 5.55. The summed E-state index contributed by atoms with van der Waals surface area (Å²) in [6.45, 7) is 7.51. The second-order valence-electron chi connectivity index (χ2n) is 6.06. The van der Waals surface area contributed by atoms with Gasteiger partial charge in [-0.2, -0.15) is 4.98 Å². The molecule has 1 N–H and O–H groups in total. The molecule has 1 unspecified atom stereocenters. The molecule has 1 aromatic heterocycles. The lowest BCUT2D eigenvalue weighted by atomic mass is 10.0. The Kier molecular flexibility index (Phi) is 3.34. The number of nitrogens with one attached hydrogen (secondary N) is 1. The van der Waals surface area contributed by atoms with Gasteiger partial charge in [0.15, 0.2) is 0 Å². The molecule has 1 aliphatic heterocycles. The molecule has 4 heteroatoms. The Bertz CT molecular complexity index is 580. The smallest absolute Gasteiger partial charge is 0.246 e. The molecule has 0 saturated carbocycles. The van der Waals surface area contributed by atoms with Crippen molar-refractivity contribution in [1.82, 2.24) is 15.5 Å². The van der Waals surface area contributed by atoms with Crippen molar-refractivity contribution in [3.05, 3.63) is 35.7 Å². The van der Waals surface area contributed by atoms with E-state index in [4.69, 9.17) is 4.52 Å². The van der Waals surface area contributed by atoms with Crippen molar-refractivity contribution in [3.8, 4) is 11.4 Å². The zero-order valence-corrected chi connectivity index (χ0v) is 12.3. The predicted molar refractivity (Wildman–Crippen MR) is 78.4 cm³/mol. The lowest BCUT2D eigenvalue weighted by Crippen LogP contribution is -2.33. The van der Waals surface area contributed by atoms with Gasteiger partial charge in [-0.3, -0.25) is 0 Å². The normalized spacial score (nSPS) is 22.6. The number of rotatable bonds is 3. The maximum atomic E-state index is 5.46. The zero-order valence-electron chi connectivity index (χ0n) is 12.3. The first kappa shape index (κ1) is 13.3. The van der Waals surface area contributed by atoms with Crippen LogP contribution in [0.25, 0.3) is 11.4 Å². The molecule has 20 heavy (non-hydrogen) atoms. The number of nitrogens with zero attached hydrogens (tertiary/aromatic N) is 2. The minimum Gasteiger partial charge on any atom is -0.337 e. The van der Waals surface area contributed by atoms with Crippen LogP contribution in [0.3, 0.4) is 0 Å². The van der Waals surface area contributed by atoms with Gasteiger partial charge in [0.2, 0.25) is 11.7 Å².